The molecule has 21 heavy (non-hydrogen) atoms. The van der Waals surface area contributed by atoms with Crippen molar-refractivity contribution in [2.24, 2.45) is 11.8 Å². The summed E-state index contributed by atoms with van der Waals surface area (Å²) in [6.07, 6.45) is 3.91. The predicted octanol–water partition coefficient (Wildman–Crippen LogP) is 1.93. The summed E-state index contributed by atoms with van der Waals surface area (Å²) < 4.78 is 30.7. The van der Waals surface area contributed by atoms with Gasteiger partial charge in [-0.15, -0.1) is 0 Å². The molecule has 6 nitrogen and oxygen atoms in total. The standard InChI is InChI=1S/C13H19NO5S2/c15-12-3-4-13(16)14(12)20-6-5-19-21(17,18)11-8-9-1-2-10(11)7-9/h3-4,9-11,15-16H,1-2,5-8H2. The highest BCUT2D eigenvalue weighted by molar-refractivity contribution is 7.98. The Morgan fingerprint density at radius 1 is 1.24 bits per heavy atom. The third kappa shape index (κ3) is 3.02. The molecule has 1 heterocycles. The molecule has 2 aliphatic rings. The molecule has 3 rings (SSSR count). The van der Waals surface area contributed by atoms with Crippen LogP contribution < -0.4 is 0 Å². The van der Waals surface area contributed by atoms with Crippen molar-refractivity contribution >= 4 is 22.1 Å². The van der Waals surface area contributed by atoms with Crippen LogP contribution in [0.4, 0.5) is 0 Å². The molecule has 2 fully saturated rings. The Hall–Kier alpha value is -0.860. The van der Waals surface area contributed by atoms with Crippen molar-refractivity contribution in [3.05, 3.63) is 12.1 Å². The van der Waals surface area contributed by atoms with Crippen molar-refractivity contribution < 1.29 is 22.8 Å². The van der Waals surface area contributed by atoms with Crippen molar-refractivity contribution in [3.8, 4) is 11.8 Å². The zero-order valence-electron chi connectivity index (χ0n) is 11.5. The largest absolute Gasteiger partial charge is 0.494 e. The Kier molecular flexibility index (Phi) is 4.11. The molecule has 2 N–H and O–H groups in total. The molecule has 3 unspecified atom stereocenters. The Labute approximate surface area is 128 Å². The maximum absolute atomic E-state index is 12.2. The van der Waals surface area contributed by atoms with E-state index in [1.165, 1.54) is 16.1 Å². The highest BCUT2D eigenvalue weighted by Gasteiger charge is 2.46. The maximum atomic E-state index is 12.2. The van der Waals surface area contributed by atoms with E-state index in [0.717, 1.165) is 37.6 Å². The van der Waals surface area contributed by atoms with Gasteiger partial charge in [0.2, 0.25) is 11.8 Å². The summed E-state index contributed by atoms with van der Waals surface area (Å²) >= 11 is 1.11. The van der Waals surface area contributed by atoms with Crippen LogP contribution in [0.15, 0.2) is 12.1 Å². The fourth-order valence-electron chi connectivity index (χ4n) is 3.44. The van der Waals surface area contributed by atoms with Crippen molar-refractivity contribution in [1.82, 2.24) is 3.97 Å². The average Bonchev–Trinajstić information content (AvgIpc) is 3.13. The Morgan fingerprint density at radius 3 is 2.52 bits per heavy atom. The lowest BCUT2D eigenvalue weighted by Crippen LogP contribution is -2.29. The normalized spacial score (nSPS) is 28.3. The number of fused-ring (bicyclic) bond motifs is 2. The Balaban J connectivity index is 1.49. The van der Waals surface area contributed by atoms with Crippen LogP contribution in [0.1, 0.15) is 25.7 Å². The highest BCUT2D eigenvalue weighted by Crippen LogP contribution is 2.47. The smallest absolute Gasteiger partial charge is 0.270 e. The van der Waals surface area contributed by atoms with Gasteiger partial charge >= 0.3 is 0 Å². The Morgan fingerprint density at radius 2 is 1.95 bits per heavy atom. The van der Waals surface area contributed by atoms with Crippen molar-refractivity contribution in [2.45, 2.75) is 30.9 Å². The SMILES string of the molecule is O=S(=O)(OCCSn1c(O)ccc1O)C1CC2CCC1C2. The molecule has 3 atom stereocenters. The van der Waals surface area contributed by atoms with E-state index >= 15 is 0 Å². The Bertz CT molecular complexity index is 593. The van der Waals surface area contributed by atoms with Gasteiger partial charge in [0.05, 0.1) is 11.9 Å². The number of nitrogens with zero attached hydrogens (tertiary/aromatic N) is 1. The molecule has 1 aromatic rings. The van der Waals surface area contributed by atoms with E-state index in [0.29, 0.717) is 11.7 Å². The van der Waals surface area contributed by atoms with Crippen LogP contribution in [0.2, 0.25) is 0 Å². The molecule has 0 aliphatic heterocycles. The molecular weight excluding hydrogens is 314 g/mol. The van der Waals surface area contributed by atoms with Crippen LogP contribution in [0, 0.1) is 11.8 Å². The predicted molar refractivity (Wildman–Crippen MR) is 79.7 cm³/mol. The molecule has 1 aromatic heterocycles. The third-order valence-electron chi connectivity index (χ3n) is 4.39. The molecule has 118 valence electrons. The number of rotatable bonds is 6. The van der Waals surface area contributed by atoms with E-state index in [1.54, 1.807) is 0 Å². The van der Waals surface area contributed by atoms with Crippen LogP contribution >= 0.6 is 11.9 Å². The first kappa shape index (κ1) is 15.1. The zero-order valence-corrected chi connectivity index (χ0v) is 13.1. The van der Waals surface area contributed by atoms with Crippen LogP contribution in [-0.2, 0) is 14.3 Å². The van der Waals surface area contributed by atoms with Gasteiger partial charge in [0.25, 0.3) is 10.1 Å². The zero-order chi connectivity index (χ0) is 15.0. The van der Waals surface area contributed by atoms with Crippen LogP contribution in [0.25, 0.3) is 0 Å². The van der Waals surface area contributed by atoms with Crippen molar-refractivity contribution in [3.63, 3.8) is 0 Å². The molecule has 2 aliphatic carbocycles. The topological polar surface area (TPSA) is 88.8 Å². The van der Waals surface area contributed by atoms with E-state index < -0.39 is 10.1 Å². The van der Waals surface area contributed by atoms with Gasteiger partial charge in [-0.2, -0.15) is 8.42 Å². The first-order valence-corrected chi connectivity index (χ1v) is 9.50. The maximum Gasteiger partial charge on any atom is 0.270 e. The van der Waals surface area contributed by atoms with Gasteiger partial charge < -0.3 is 10.2 Å². The van der Waals surface area contributed by atoms with Gasteiger partial charge in [-0.25, -0.2) is 3.97 Å². The summed E-state index contributed by atoms with van der Waals surface area (Å²) in [7, 11) is -3.50. The van der Waals surface area contributed by atoms with Gasteiger partial charge in [0.1, 0.15) is 0 Å². The van der Waals surface area contributed by atoms with E-state index in [2.05, 4.69) is 0 Å². The minimum Gasteiger partial charge on any atom is -0.494 e. The second-order valence-electron chi connectivity index (χ2n) is 5.71. The van der Waals surface area contributed by atoms with Gasteiger partial charge in [0, 0.05) is 17.9 Å². The molecule has 2 saturated carbocycles. The molecule has 0 amide bonds. The summed E-state index contributed by atoms with van der Waals surface area (Å²) in [5.41, 5.74) is 0. The van der Waals surface area contributed by atoms with Gasteiger partial charge in [-0.1, -0.05) is 6.42 Å². The summed E-state index contributed by atoms with van der Waals surface area (Å²) in [6.45, 7) is 0.0396. The molecular formula is C13H19NO5S2. The van der Waals surface area contributed by atoms with Crippen LogP contribution in [0.5, 0.6) is 11.8 Å². The van der Waals surface area contributed by atoms with Gasteiger partial charge in [-0.3, -0.25) is 4.18 Å². The quantitative estimate of drug-likeness (QED) is 0.611. The third-order valence-corrected chi connectivity index (χ3v) is 7.19. The molecule has 8 heteroatoms. The number of hydrogen-bond donors (Lipinski definition) is 2. The van der Waals surface area contributed by atoms with Gasteiger partial charge in [0.15, 0.2) is 0 Å². The van der Waals surface area contributed by atoms with Crippen molar-refractivity contribution in [1.29, 1.82) is 0 Å². The number of aromatic nitrogens is 1. The van der Waals surface area contributed by atoms with Crippen molar-refractivity contribution in [2.75, 3.05) is 12.4 Å². The molecule has 2 bridgehead atoms. The minimum atomic E-state index is -3.50. The summed E-state index contributed by atoms with van der Waals surface area (Å²) in [4.78, 5) is 0. The first-order chi connectivity index (χ1) is 9.97. The second-order valence-corrected chi connectivity index (χ2v) is 8.56. The van der Waals surface area contributed by atoms with Crippen LogP contribution in [-0.4, -0.2) is 40.2 Å². The monoisotopic (exact) mass is 333 g/mol. The van der Waals surface area contributed by atoms with Crippen LogP contribution in [0.3, 0.4) is 0 Å². The fourth-order valence-corrected chi connectivity index (χ4v) is 5.99. The molecule has 0 spiro atoms. The summed E-state index contributed by atoms with van der Waals surface area (Å²) in [5.74, 6) is 1.00. The lowest BCUT2D eigenvalue weighted by Gasteiger charge is -2.21. The van der Waals surface area contributed by atoms with E-state index in [9.17, 15) is 18.6 Å². The van der Waals surface area contributed by atoms with E-state index in [4.69, 9.17) is 4.18 Å². The van der Waals surface area contributed by atoms with Gasteiger partial charge in [-0.05, 0) is 43.0 Å². The molecule has 0 aromatic carbocycles. The summed E-state index contributed by atoms with van der Waals surface area (Å²) in [6, 6.07) is 2.74. The van der Waals surface area contributed by atoms with E-state index in [-0.39, 0.29) is 29.5 Å². The number of aromatic hydroxyl groups is 2. The summed E-state index contributed by atoms with van der Waals surface area (Å²) in [5, 5.41) is 18.6. The molecule has 0 saturated heterocycles. The second kappa shape index (κ2) is 5.73. The number of hydrogen-bond acceptors (Lipinski definition) is 6. The van der Waals surface area contributed by atoms with E-state index in [1.807, 2.05) is 0 Å². The average molecular weight is 333 g/mol. The lowest BCUT2D eigenvalue weighted by molar-refractivity contribution is 0.319. The minimum absolute atomic E-state index is 0.0396. The highest BCUT2D eigenvalue weighted by atomic mass is 32.2. The first-order valence-electron chi connectivity index (χ1n) is 7.08. The fraction of sp³-hybridized carbons (Fsp3) is 0.692. The lowest BCUT2D eigenvalue weighted by atomic mass is 10.0. The molecule has 0 radical (unpaired) electrons.